The molecule has 0 heterocycles. The fraction of sp³-hybridized carbons (Fsp3) is 0.400. The molecule has 1 unspecified atom stereocenters. The quantitative estimate of drug-likeness (QED) is 0.668. The number of urea groups is 1. The second kappa shape index (κ2) is 8.22. The van der Waals surface area contributed by atoms with Gasteiger partial charge in [0.2, 0.25) is 0 Å². The Bertz CT molecular complexity index is 429. The minimum atomic E-state index is -0.752. The molecule has 3 N–H and O–H groups in total. The van der Waals surface area contributed by atoms with Crippen molar-refractivity contribution < 1.29 is 14.6 Å². The second-order valence-corrected chi connectivity index (χ2v) is 4.63. The molecule has 0 aliphatic carbocycles. The van der Waals surface area contributed by atoms with Crippen LogP contribution in [0.25, 0.3) is 0 Å². The van der Waals surface area contributed by atoms with Crippen LogP contribution < -0.4 is 15.4 Å². The molecule has 1 rings (SSSR count). The van der Waals surface area contributed by atoms with Gasteiger partial charge < -0.3 is 20.5 Å². The van der Waals surface area contributed by atoms with Gasteiger partial charge in [0, 0.05) is 13.1 Å². The summed E-state index contributed by atoms with van der Waals surface area (Å²) in [5.41, 5.74) is 0.727. The molecule has 1 atom stereocenters. The van der Waals surface area contributed by atoms with Gasteiger partial charge in [0.25, 0.3) is 0 Å². The van der Waals surface area contributed by atoms with Crippen molar-refractivity contribution in [3.8, 4) is 5.75 Å². The van der Waals surface area contributed by atoms with Crippen molar-refractivity contribution in [2.45, 2.75) is 26.1 Å². The van der Waals surface area contributed by atoms with Gasteiger partial charge in [0.1, 0.15) is 5.75 Å². The highest BCUT2D eigenvalue weighted by Crippen LogP contribution is 2.18. The lowest BCUT2D eigenvalue weighted by Crippen LogP contribution is -2.37. The highest BCUT2D eigenvalue weighted by atomic mass is 16.5. The number of benzene rings is 1. The molecule has 2 amide bonds. The Balaban J connectivity index is 2.44. The molecule has 0 aliphatic rings. The van der Waals surface area contributed by atoms with Gasteiger partial charge in [-0.2, -0.15) is 0 Å². The molecule has 0 radical (unpaired) electrons. The normalized spacial score (nSPS) is 11.8. The van der Waals surface area contributed by atoms with E-state index in [-0.39, 0.29) is 18.7 Å². The molecule has 0 aliphatic heterocycles. The Kier molecular flexibility index (Phi) is 6.59. The summed E-state index contributed by atoms with van der Waals surface area (Å²) in [6, 6.07) is 6.84. The highest BCUT2D eigenvalue weighted by Gasteiger charge is 2.09. The maximum Gasteiger partial charge on any atom is 0.315 e. The number of rotatable bonds is 7. The van der Waals surface area contributed by atoms with E-state index in [9.17, 15) is 9.90 Å². The average Bonchev–Trinajstić information content (AvgIpc) is 2.42. The van der Waals surface area contributed by atoms with Gasteiger partial charge in [-0.05, 0) is 31.5 Å². The number of nitrogens with one attached hydrogen (secondary N) is 2. The van der Waals surface area contributed by atoms with E-state index >= 15 is 0 Å². The van der Waals surface area contributed by atoms with Crippen LogP contribution in [0.2, 0.25) is 0 Å². The van der Waals surface area contributed by atoms with E-state index in [2.05, 4.69) is 17.2 Å². The molecule has 0 fully saturated rings. The number of carbonyl (C=O) groups is 1. The summed E-state index contributed by atoms with van der Waals surface area (Å²) in [5.74, 6) is 0.757. The van der Waals surface area contributed by atoms with Gasteiger partial charge in [0.15, 0.2) is 0 Å². The van der Waals surface area contributed by atoms with Crippen LogP contribution in [0.4, 0.5) is 4.79 Å². The van der Waals surface area contributed by atoms with Gasteiger partial charge in [0.05, 0.1) is 12.2 Å². The van der Waals surface area contributed by atoms with Gasteiger partial charge in [-0.15, -0.1) is 6.58 Å². The van der Waals surface area contributed by atoms with Crippen LogP contribution in [0.3, 0.4) is 0 Å². The van der Waals surface area contributed by atoms with Crippen molar-refractivity contribution >= 4 is 6.03 Å². The van der Waals surface area contributed by atoms with E-state index in [4.69, 9.17) is 4.74 Å². The van der Waals surface area contributed by atoms with Crippen molar-refractivity contribution in [2.75, 3.05) is 13.1 Å². The molecular formula is C15H22N2O3. The third-order valence-electron chi connectivity index (χ3n) is 2.50. The maximum absolute atomic E-state index is 11.3. The van der Waals surface area contributed by atoms with Crippen LogP contribution in [0.15, 0.2) is 36.9 Å². The van der Waals surface area contributed by atoms with Gasteiger partial charge >= 0.3 is 6.03 Å². The van der Waals surface area contributed by atoms with E-state index in [1.807, 2.05) is 13.8 Å². The molecule has 1 aromatic rings. The molecule has 110 valence electrons. The topological polar surface area (TPSA) is 70.6 Å². The zero-order valence-electron chi connectivity index (χ0n) is 11.9. The molecule has 0 bridgehead atoms. The number of aliphatic hydroxyl groups is 1. The molecule has 20 heavy (non-hydrogen) atoms. The third kappa shape index (κ3) is 5.75. The van der Waals surface area contributed by atoms with Gasteiger partial charge in [-0.1, -0.05) is 18.2 Å². The van der Waals surface area contributed by atoms with Crippen molar-refractivity contribution in [3.63, 3.8) is 0 Å². The Morgan fingerprint density at radius 2 is 2.00 bits per heavy atom. The molecule has 0 spiro atoms. The fourth-order valence-electron chi connectivity index (χ4n) is 1.58. The van der Waals surface area contributed by atoms with Crippen LogP contribution >= 0.6 is 0 Å². The van der Waals surface area contributed by atoms with Crippen molar-refractivity contribution in [2.24, 2.45) is 0 Å². The van der Waals surface area contributed by atoms with Crippen LogP contribution in [0.1, 0.15) is 25.5 Å². The van der Waals surface area contributed by atoms with Crippen LogP contribution in [0.5, 0.6) is 5.75 Å². The number of hydrogen-bond acceptors (Lipinski definition) is 3. The molecule has 0 saturated carbocycles. The molecule has 5 heteroatoms. The summed E-state index contributed by atoms with van der Waals surface area (Å²) in [5, 5.41) is 15.1. The minimum Gasteiger partial charge on any atom is -0.491 e. The predicted molar refractivity (Wildman–Crippen MR) is 78.8 cm³/mol. The fourth-order valence-corrected chi connectivity index (χ4v) is 1.58. The maximum atomic E-state index is 11.3. The largest absolute Gasteiger partial charge is 0.491 e. The smallest absolute Gasteiger partial charge is 0.315 e. The molecule has 1 aromatic carbocycles. The zero-order chi connectivity index (χ0) is 15.0. The molecular weight excluding hydrogens is 256 g/mol. The van der Waals surface area contributed by atoms with E-state index < -0.39 is 6.10 Å². The summed E-state index contributed by atoms with van der Waals surface area (Å²) < 4.78 is 5.52. The first kappa shape index (κ1) is 16.0. The number of aliphatic hydroxyl groups excluding tert-OH is 1. The monoisotopic (exact) mass is 278 g/mol. The van der Waals surface area contributed by atoms with E-state index in [0.29, 0.717) is 6.54 Å². The Hall–Kier alpha value is -2.01. The standard InChI is InChI=1S/C15H22N2O3/c1-4-9-16-15(19)17-10-14(18)12-5-7-13(8-6-12)20-11(2)3/h4-8,11,14,18H,1,9-10H2,2-3H3,(H2,16,17,19). The molecule has 5 nitrogen and oxygen atoms in total. The van der Waals surface area contributed by atoms with E-state index in [0.717, 1.165) is 11.3 Å². The lowest BCUT2D eigenvalue weighted by molar-refractivity contribution is 0.173. The van der Waals surface area contributed by atoms with Crippen LogP contribution in [-0.4, -0.2) is 30.3 Å². The first-order chi connectivity index (χ1) is 9.52. The van der Waals surface area contributed by atoms with Crippen LogP contribution in [0, 0.1) is 0 Å². The predicted octanol–water partition coefficient (Wildman–Crippen LogP) is 1.99. The Labute approximate surface area is 119 Å². The number of hydrogen-bond donors (Lipinski definition) is 3. The number of ether oxygens (including phenoxy) is 1. The lowest BCUT2D eigenvalue weighted by atomic mass is 10.1. The Morgan fingerprint density at radius 3 is 2.55 bits per heavy atom. The Morgan fingerprint density at radius 1 is 1.35 bits per heavy atom. The van der Waals surface area contributed by atoms with Crippen molar-refractivity contribution in [1.29, 1.82) is 0 Å². The average molecular weight is 278 g/mol. The first-order valence-corrected chi connectivity index (χ1v) is 6.60. The van der Waals surface area contributed by atoms with Gasteiger partial charge in [-0.3, -0.25) is 0 Å². The summed E-state index contributed by atoms with van der Waals surface area (Å²) in [4.78, 5) is 11.3. The lowest BCUT2D eigenvalue weighted by Gasteiger charge is -2.14. The van der Waals surface area contributed by atoms with Gasteiger partial charge in [-0.25, -0.2) is 4.79 Å². The SMILES string of the molecule is C=CCNC(=O)NCC(O)c1ccc(OC(C)C)cc1. The van der Waals surface area contributed by atoms with E-state index in [1.54, 1.807) is 30.3 Å². The zero-order valence-corrected chi connectivity index (χ0v) is 11.9. The summed E-state index contributed by atoms with van der Waals surface area (Å²) >= 11 is 0. The first-order valence-electron chi connectivity index (χ1n) is 6.60. The summed E-state index contributed by atoms with van der Waals surface area (Å²) in [6.07, 6.45) is 0.947. The molecule has 0 saturated heterocycles. The number of carbonyl (C=O) groups excluding carboxylic acids is 1. The van der Waals surface area contributed by atoms with Crippen molar-refractivity contribution in [1.82, 2.24) is 10.6 Å². The number of amides is 2. The molecule has 0 aromatic heterocycles. The van der Waals surface area contributed by atoms with E-state index in [1.165, 1.54) is 0 Å². The third-order valence-corrected chi connectivity index (χ3v) is 2.50. The van der Waals surface area contributed by atoms with Crippen LogP contribution in [-0.2, 0) is 0 Å². The van der Waals surface area contributed by atoms with Crippen molar-refractivity contribution in [3.05, 3.63) is 42.5 Å². The minimum absolute atomic E-state index is 0.112. The second-order valence-electron chi connectivity index (χ2n) is 4.63. The summed E-state index contributed by atoms with van der Waals surface area (Å²) in [7, 11) is 0. The summed E-state index contributed by atoms with van der Waals surface area (Å²) in [6.45, 7) is 7.94. The highest BCUT2D eigenvalue weighted by molar-refractivity contribution is 5.73.